The minimum atomic E-state index is -1.05. The molecule has 0 radical (unpaired) electrons. The number of aryl methyl sites for hydroxylation is 1. The van der Waals surface area contributed by atoms with Crippen molar-refractivity contribution >= 4 is 5.97 Å². The zero-order chi connectivity index (χ0) is 12.0. The molecule has 0 spiro atoms. The van der Waals surface area contributed by atoms with E-state index >= 15 is 0 Å². The van der Waals surface area contributed by atoms with Crippen LogP contribution in [0.2, 0.25) is 0 Å². The summed E-state index contributed by atoms with van der Waals surface area (Å²) in [7, 11) is 1.56. The molecule has 0 saturated carbocycles. The van der Waals surface area contributed by atoms with Gasteiger partial charge >= 0.3 is 5.97 Å². The van der Waals surface area contributed by atoms with Crippen LogP contribution in [-0.2, 0) is 7.05 Å². The lowest BCUT2D eigenvalue weighted by atomic mass is 10.4. The van der Waals surface area contributed by atoms with Crippen LogP contribution in [0.1, 0.15) is 10.5 Å². The van der Waals surface area contributed by atoms with E-state index < -0.39 is 5.97 Å². The third-order valence-corrected chi connectivity index (χ3v) is 1.55. The maximum Gasteiger partial charge on any atom is 0.358 e. The zero-order valence-corrected chi connectivity index (χ0v) is 8.54. The number of rotatable bonds is 1. The van der Waals surface area contributed by atoms with Crippen molar-refractivity contribution in [2.45, 2.75) is 0 Å². The fourth-order valence-corrected chi connectivity index (χ4v) is 0.858. The van der Waals surface area contributed by atoms with Crippen LogP contribution in [0.4, 0.5) is 4.39 Å². The van der Waals surface area contributed by atoms with Crippen LogP contribution in [0.15, 0.2) is 36.5 Å². The Morgan fingerprint density at radius 3 is 2.25 bits per heavy atom. The predicted molar refractivity (Wildman–Crippen MR) is 54.4 cm³/mol. The van der Waals surface area contributed by atoms with Crippen LogP contribution in [0, 0.1) is 5.82 Å². The largest absolute Gasteiger partial charge is 0.476 e. The number of carboxylic acid groups (broad SMARTS) is 1. The van der Waals surface area contributed by atoms with Crippen molar-refractivity contribution < 1.29 is 14.3 Å². The van der Waals surface area contributed by atoms with E-state index in [2.05, 4.69) is 10.2 Å². The van der Waals surface area contributed by atoms with Crippen LogP contribution in [0.5, 0.6) is 0 Å². The number of aromatic carboxylic acids is 1. The predicted octanol–water partition coefficient (Wildman–Crippen LogP) is 1.34. The maximum atomic E-state index is 11.9. The normalized spacial score (nSPS) is 9.12. The Hall–Kier alpha value is -2.24. The van der Waals surface area contributed by atoms with E-state index in [-0.39, 0.29) is 11.5 Å². The zero-order valence-electron chi connectivity index (χ0n) is 8.54. The molecule has 0 bridgehead atoms. The Bertz CT molecular complexity index is 456. The summed E-state index contributed by atoms with van der Waals surface area (Å²) in [5.41, 5.74) is -0.0301. The van der Waals surface area contributed by atoms with Gasteiger partial charge in [0.1, 0.15) is 5.82 Å². The number of carbonyl (C=O) groups is 1. The summed E-state index contributed by atoms with van der Waals surface area (Å²) in [4.78, 5) is 11.3. The Morgan fingerprint density at radius 1 is 1.38 bits per heavy atom. The molecular weight excluding hydrogens is 213 g/mol. The first-order chi connectivity index (χ1) is 7.59. The second-order valence-corrected chi connectivity index (χ2v) is 2.82. The van der Waals surface area contributed by atoms with Crippen LogP contribution in [0.25, 0.3) is 0 Å². The molecule has 0 saturated heterocycles. The average Bonchev–Trinajstić information content (AvgIpc) is 2.67. The summed E-state index contributed by atoms with van der Waals surface area (Å²) in [5, 5.41) is 15.4. The fourth-order valence-electron chi connectivity index (χ4n) is 0.858. The Morgan fingerprint density at radius 2 is 2.00 bits per heavy atom. The number of benzene rings is 1. The Labute approximate surface area is 91.1 Å². The maximum absolute atomic E-state index is 11.9. The molecule has 0 aliphatic rings. The number of aromatic nitrogens is 3. The highest BCUT2D eigenvalue weighted by atomic mass is 19.1. The first-order valence-electron chi connectivity index (χ1n) is 4.40. The SMILES string of the molecule is Cn1ncc(C(=O)O)n1.Fc1ccccc1. The van der Waals surface area contributed by atoms with Gasteiger partial charge in [0.25, 0.3) is 0 Å². The van der Waals surface area contributed by atoms with Gasteiger partial charge in [-0.25, -0.2) is 9.18 Å². The molecule has 0 aliphatic heterocycles. The summed E-state index contributed by atoms with van der Waals surface area (Å²) in [6.07, 6.45) is 1.20. The number of hydrogen-bond donors (Lipinski definition) is 1. The smallest absolute Gasteiger partial charge is 0.358 e. The van der Waals surface area contributed by atoms with Crippen molar-refractivity contribution in [3.8, 4) is 0 Å². The lowest BCUT2D eigenvalue weighted by Gasteiger charge is -1.80. The van der Waals surface area contributed by atoms with E-state index in [1.165, 1.54) is 23.1 Å². The Kier molecular flexibility index (Phi) is 4.14. The van der Waals surface area contributed by atoms with Gasteiger partial charge in [0.05, 0.1) is 6.20 Å². The van der Waals surface area contributed by atoms with E-state index in [0.717, 1.165) is 0 Å². The minimum absolute atomic E-state index is 0.0301. The molecule has 0 atom stereocenters. The second kappa shape index (κ2) is 5.59. The quantitative estimate of drug-likeness (QED) is 0.792. The van der Waals surface area contributed by atoms with Crippen LogP contribution < -0.4 is 0 Å². The van der Waals surface area contributed by atoms with E-state index in [1.54, 1.807) is 25.2 Å². The van der Waals surface area contributed by atoms with Crippen LogP contribution in [-0.4, -0.2) is 26.1 Å². The van der Waals surface area contributed by atoms with Gasteiger partial charge in [-0.3, -0.25) is 0 Å². The molecule has 0 fully saturated rings. The molecule has 1 aromatic carbocycles. The number of hydrogen-bond acceptors (Lipinski definition) is 3. The van der Waals surface area contributed by atoms with Gasteiger partial charge in [-0.05, 0) is 12.1 Å². The van der Waals surface area contributed by atoms with Crippen molar-refractivity contribution in [3.05, 3.63) is 48.0 Å². The second-order valence-electron chi connectivity index (χ2n) is 2.82. The molecule has 2 rings (SSSR count). The van der Waals surface area contributed by atoms with Crippen molar-refractivity contribution in [2.24, 2.45) is 7.05 Å². The van der Waals surface area contributed by atoms with Gasteiger partial charge in [0, 0.05) is 7.05 Å². The van der Waals surface area contributed by atoms with Gasteiger partial charge in [0.2, 0.25) is 0 Å². The topological polar surface area (TPSA) is 68.0 Å². The van der Waals surface area contributed by atoms with Crippen LogP contribution in [0.3, 0.4) is 0 Å². The van der Waals surface area contributed by atoms with Gasteiger partial charge in [-0.1, -0.05) is 18.2 Å². The molecule has 84 valence electrons. The lowest BCUT2D eigenvalue weighted by Crippen LogP contribution is -1.99. The first kappa shape index (κ1) is 11.8. The molecule has 1 heterocycles. The van der Waals surface area contributed by atoms with E-state index in [9.17, 15) is 9.18 Å². The molecule has 0 aliphatic carbocycles. The van der Waals surface area contributed by atoms with Gasteiger partial charge < -0.3 is 5.11 Å². The van der Waals surface area contributed by atoms with Crippen LogP contribution >= 0.6 is 0 Å². The first-order valence-corrected chi connectivity index (χ1v) is 4.40. The van der Waals surface area contributed by atoms with Crippen molar-refractivity contribution in [3.63, 3.8) is 0 Å². The molecule has 0 unspecified atom stereocenters. The molecule has 1 aromatic heterocycles. The summed E-state index contributed by atoms with van der Waals surface area (Å²) in [6.45, 7) is 0. The highest BCUT2D eigenvalue weighted by molar-refractivity contribution is 5.84. The molecule has 16 heavy (non-hydrogen) atoms. The number of carboxylic acids is 1. The van der Waals surface area contributed by atoms with Gasteiger partial charge in [-0.15, -0.1) is 5.10 Å². The van der Waals surface area contributed by atoms with Gasteiger partial charge in [-0.2, -0.15) is 9.90 Å². The molecular formula is C10H10FN3O2. The van der Waals surface area contributed by atoms with Crippen molar-refractivity contribution in [1.29, 1.82) is 0 Å². The monoisotopic (exact) mass is 223 g/mol. The third kappa shape index (κ3) is 3.87. The molecule has 1 N–H and O–H groups in total. The number of halogens is 1. The van der Waals surface area contributed by atoms with Crippen molar-refractivity contribution in [1.82, 2.24) is 15.0 Å². The van der Waals surface area contributed by atoms with E-state index in [4.69, 9.17) is 5.11 Å². The summed E-state index contributed by atoms with van der Waals surface area (Å²) in [5.74, 6) is -1.23. The van der Waals surface area contributed by atoms with Crippen molar-refractivity contribution in [2.75, 3.05) is 0 Å². The number of nitrogens with zero attached hydrogens (tertiary/aromatic N) is 3. The minimum Gasteiger partial charge on any atom is -0.476 e. The molecule has 5 nitrogen and oxygen atoms in total. The molecule has 6 heteroatoms. The highest BCUT2D eigenvalue weighted by Gasteiger charge is 2.04. The summed E-state index contributed by atoms with van der Waals surface area (Å²) >= 11 is 0. The fraction of sp³-hybridized carbons (Fsp3) is 0.100. The lowest BCUT2D eigenvalue weighted by molar-refractivity contribution is 0.0689. The molecule has 0 amide bonds. The standard InChI is InChI=1S/C6H5F.C4H5N3O2/c7-6-4-2-1-3-5-6;1-7-5-2-3(6-7)4(8)9/h1-5H;2H,1H3,(H,8,9). The average molecular weight is 223 g/mol. The van der Waals surface area contributed by atoms with E-state index in [0.29, 0.717) is 0 Å². The van der Waals surface area contributed by atoms with E-state index in [1.807, 2.05) is 0 Å². The molecule has 2 aromatic rings. The summed E-state index contributed by atoms with van der Waals surface area (Å²) in [6, 6.07) is 7.94. The highest BCUT2D eigenvalue weighted by Crippen LogP contribution is 1.91. The van der Waals surface area contributed by atoms with Gasteiger partial charge in [0.15, 0.2) is 5.69 Å². The third-order valence-electron chi connectivity index (χ3n) is 1.55. The summed E-state index contributed by atoms with van der Waals surface area (Å²) < 4.78 is 11.9. The Balaban J connectivity index is 0.000000165.